The number of hydrogen-bond acceptors (Lipinski definition) is 3. The lowest BCUT2D eigenvalue weighted by molar-refractivity contribution is 0.131. The average molecular weight is 164 g/mol. The molecular weight excluding hydrogens is 152 g/mol. The highest BCUT2D eigenvalue weighted by atomic mass is 32.2. The largest absolute Gasteiger partial charge is 0.393 e. The minimum atomic E-state index is -2.25. The van der Waals surface area contributed by atoms with Crippen LogP contribution in [0.25, 0.3) is 0 Å². The number of thiol groups is 1. The second-order valence-corrected chi connectivity index (χ2v) is 4.05. The van der Waals surface area contributed by atoms with Crippen molar-refractivity contribution in [1.82, 2.24) is 0 Å². The Morgan fingerprint density at radius 1 is 1.10 bits per heavy atom. The van der Waals surface area contributed by atoms with E-state index < -0.39 is 10.7 Å². The van der Waals surface area contributed by atoms with E-state index in [0.717, 1.165) is 0 Å². The first kappa shape index (κ1) is 8.01. The quantitative estimate of drug-likeness (QED) is 0.532. The van der Waals surface area contributed by atoms with Crippen LogP contribution in [-0.4, -0.2) is 24.9 Å². The molecule has 0 aromatic carbocycles. The summed E-state index contributed by atoms with van der Waals surface area (Å²) in [5, 5.41) is 8.84. The van der Waals surface area contributed by atoms with Crippen molar-refractivity contribution in [3.8, 4) is 0 Å². The fourth-order valence-corrected chi connectivity index (χ4v) is 1.99. The van der Waals surface area contributed by atoms with Crippen molar-refractivity contribution in [1.29, 1.82) is 0 Å². The Balaban J connectivity index is 2.40. The minimum Gasteiger partial charge on any atom is -0.393 e. The smallest absolute Gasteiger partial charge is 0.143 e. The van der Waals surface area contributed by atoms with Crippen LogP contribution in [0, 0.1) is 0 Å². The Morgan fingerprint density at radius 3 is 2.00 bits per heavy atom. The number of hydrogen-bond donors (Lipinski definition) is 2. The molecule has 1 aliphatic carbocycles. The van der Waals surface area contributed by atoms with Crippen molar-refractivity contribution in [3.63, 3.8) is 0 Å². The van der Waals surface area contributed by atoms with Crippen LogP contribution in [0.2, 0.25) is 0 Å². The number of aliphatic hydroxyl groups excluding tert-OH is 1. The Morgan fingerprint density at radius 2 is 1.60 bits per heavy atom. The molecular formula is C6H12O3S. The average Bonchev–Trinajstić information content (AvgIpc) is 1.88. The van der Waals surface area contributed by atoms with Gasteiger partial charge in [-0.1, -0.05) is 0 Å². The van der Waals surface area contributed by atoms with Crippen LogP contribution >= 0.6 is 0 Å². The van der Waals surface area contributed by atoms with Gasteiger partial charge in [0.05, 0.1) is 11.4 Å². The van der Waals surface area contributed by atoms with Gasteiger partial charge in [-0.05, 0) is 25.7 Å². The van der Waals surface area contributed by atoms with Crippen LogP contribution < -0.4 is 0 Å². The third kappa shape index (κ3) is 1.95. The number of rotatable bonds is 1. The van der Waals surface area contributed by atoms with Crippen LogP contribution in [0.15, 0.2) is 0 Å². The molecule has 0 atom stereocenters. The van der Waals surface area contributed by atoms with Crippen LogP contribution in [0.1, 0.15) is 25.7 Å². The summed E-state index contributed by atoms with van der Waals surface area (Å²) in [6.45, 7) is 0. The molecule has 60 valence electrons. The van der Waals surface area contributed by atoms with E-state index >= 15 is 0 Å². The number of aliphatic hydroxyl groups is 1. The summed E-state index contributed by atoms with van der Waals surface area (Å²) in [4.78, 5) is 0. The molecule has 0 spiro atoms. The molecule has 0 radical (unpaired) electrons. The van der Waals surface area contributed by atoms with Gasteiger partial charge in [-0.25, -0.2) is 8.42 Å². The second kappa shape index (κ2) is 3.34. The van der Waals surface area contributed by atoms with E-state index in [1.165, 1.54) is 0 Å². The predicted octanol–water partition coefficient (Wildman–Crippen LogP) is -0.0987. The first-order chi connectivity index (χ1) is 4.70. The van der Waals surface area contributed by atoms with E-state index in [1.807, 2.05) is 0 Å². The predicted molar refractivity (Wildman–Crippen MR) is 38.6 cm³/mol. The standard InChI is InChI=1S/C6H12O3S/c7-5-1-3-6(4-2-5)10(8)9/h5-7,10H,1-4H2. The maximum Gasteiger partial charge on any atom is 0.143 e. The maximum absolute atomic E-state index is 10.4. The fourth-order valence-electron chi connectivity index (χ4n) is 1.27. The summed E-state index contributed by atoms with van der Waals surface area (Å²) in [7, 11) is -2.25. The van der Waals surface area contributed by atoms with Crippen LogP contribution in [-0.2, 0) is 10.7 Å². The van der Waals surface area contributed by atoms with Crippen molar-refractivity contribution in [3.05, 3.63) is 0 Å². The van der Waals surface area contributed by atoms with Crippen molar-refractivity contribution in [2.75, 3.05) is 0 Å². The molecule has 4 heteroatoms. The third-order valence-electron chi connectivity index (χ3n) is 1.96. The first-order valence-electron chi connectivity index (χ1n) is 3.51. The van der Waals surface area contributed by atoms with Crippen molar-refractivity contribution in [2.45, 2.75) is 37.0 Å². The molecule has 1 N–H and O–H groups in total. The summed E-state index contributed by atoms with van der Waals surface area (Å²) >= 11 is 0. The molecule has 0 heterocycles. The van der Waals surface area contributed by atoms with Crippen molar-refractivity contribution in [2.24, 2.45) is 0 Å². The second-order valence-electron chi connectivity index (χ2n) is 2.75. The SMILES string of the molecule is O=[SH](=O)C1CCC(O)CC1. The van der Waals surface area contributed by atoms with Gasteiger partial charge in [0.1, 0.15) is 10.7 Å². The van der Waals surface area contributed by atoms with Gasteiger partial charge in [-0.2, -0.15) is 0 Å². The van der Waals surface area contributed by atoms with E-state index in [2.05, 4.69) is 0 Å². The van der Waals surface area contributed by atoms with Gasteiger partial charge in [0.25, 0.3) is 0 Å². The summed E-state index contributed by atoms with van der Waals surface area (Å²) in [5.41, 5.74) is 0. The molecule has 0 bridgehead atoms. The molecule has 1 saturated carbocycles. The third-order valence-corrected chi connectivity index (χ3v) is 3.08. The molecule has 0 saturated heterocycles. The van der Waals surface area contributed by atoms with Gasteiger partial charge in [0.2, 0.25) is 0 Å². The molecule has 0 aromatic rings. The Kier molecular flexibility index (Phi) is 2.68. The maximum atomic E-state index is 10.4. The Labute approximate surface area is 62.0 Å². The van der Waals surface area contributed by atoms with Gasteiger partial charge in [-0.15, -0.1) is 0 Å². The monoisotopic (exact) mass is 164 g/mol. The lowest BCUT2D eigenvalue weighted by atomic mass is 9.97. The topological polar surface area (TPSA) is 54.4 Å². The van der Waals surface area contributed by atoms with E-state index in [9.17, 15) is 8.42 Å². The normalized spacial score (nSPS) is 34.6. The van der Waals surface area contributed by atoms with Crippen LogP contribution in [0.4, 0.5) is 0 Å². The van der Waals surface area contributed by atoms with E-state index in [4.69, 9.17) is 5.11 Å². The lowest BCUT2D eigenvalue weighted by Gasteiger charge is -2.20. The highest BCUT2D eigenvalue weighted by molar-refractivity contribution is 7.73. The van der Waals surface area contributed by atoms with Crippen LogP contribution in [0.3, 0.4) is 0 Å². The summed E-state index contributed by atoms with van der Waals surface area (Å²) < 4.78 is 20.8. The van der Waals surface area contributed by atoms with Gasteiger partial charge in [0, 0.05) is 0 Å². The van der Waals surface area contributed by atoms with E-state index in [-0.39, 0.29) is 11.4 Å². The molecule has 0 unspecified atom stereocenters. The fraction of sp³-hybridized carbons (Fsp3) is 1.00. The molecule has 1 aliphatic rings. The molecule has 3 nitrogen and oxygen atoms in total. The highest BCUT2D eigenvalue weighted by Gasteiger charge is 2.20. The van der Waals surface area contributed by atoms with E-state index in [0.29, 0.717) is 25.7 Å². The zero-order chi connectivity index (χ0) is 7.56. The minimum absolute atomic E-state index is 0.168. The Bertz CT molecular complexity index is 160. The van der Waals surface area contributed by atoms with E-state index in [1.54, 1.807) is 0 Å². The van der Waals surface area contributed by atoms with Crippen molar-refractivity contribution >= 4 is 10.7 Å². The van der Waals surface area contributed by atoms with Gasteiger partial charge in [-0.3, -0.25) is 0 Å². The summed E-state index contributed by atoms with van der Waals surface area (Å²) in [6.07, 6.45) is 2.31. The Hall–Kier alpha value is -0.0900. The highest BCUT2D eigenvalue weighted by Crippen LogP contribution is 2.20. The molecule has 0 amide bonds. The summed E-state index contributed by atoms with van der Waals surface area (Å²) in [5.74, 6) is 0. The zero-order valence-electron chi connectivity index (χ0n) is 5.69. The van der Waals surface area contributed by atoms with Gasteiger partial charge < -0.3 is 5.11 Å². The zero-order valence-corrected chi connectivity index (χ0v) is 6.59. The molecule has 0 aliphatic heterocycles. The molecule has 1 rings (SSSR count). The lowest BCUT2D eigenvalue weighted by Crippen LogP contribution is -2.22. The summed E-state index contributed by atoms with van der Waals surface area (Å²) in [6, 6.07) is 0. The van der Waals surface area contributed by atoms with Crippen LogP contribution in [0.5, 0.6) is 0 Å². The van der Waals surface area contributed by atoms with Gasteiger partial charge in [0.15, 0.2) is 0 Å². The molecule has 1 fully saturated rings. The van der Waals surface area contributed by atoms with Crippen molar-refractivity contribution < 1.29 is 13.5 Å². The molecule has 0 aromatic heterocycles. The molecule has 10 heavy (non-hydrogen) atoms. The van der Waals surface area contributed by atoms with Gasteiger partial charge >= 0.3 is 0 Å². The first-order valence-corrected chi connectivity index (χ1v) is 4.76.